The normalized spacial score (nSPS) is 17.4. The van der Waals surface area contributed by atoms with Crippen LogP contribution in [0.15, 0.2) is 57.4 Å². The molecule has 1 unspecified atom stereocenters. The SMILES string of the molecule is CC1CCN(C(=O)c2csc(-c3ccco3)n2)c2ccccc2S1. The Labute approximate surface area is 148 Å². The monoisotopic (exact) mass is 356 g/mol. The van der Waals surface area contributed by atoms with E-state index in [9.17, 15) is 4.79 Å². The number of hydrogen-bond acceptors (Lipinski definition) is 5. The number of hydrogen-bond donors (Lipinski definition) is 0. The lowest BCUT2D eigenvalue weighted by Crippen LogP contribution is -2.32. The van der Waals surface area contributed by atoms with E-state index in [0.717, 1.165) is 22.0 Å². The number of furan rings is 1. The smallest absolute Gasteiger partial charge is 0.277 e. The number of aromatic nitrogens is 1. The number of para-hydroxylation sites is 1. The van der Waals surface area contributed by atoms with E-state index in [1.165, 1.54) is 11.3 Å². The Kier molecular flexibility index (Phi) is 4.16. The minimum Gasteiger partial charge on any atom is -0.462 e. The molecule has 6 heteroatoms. The third-order valence-corrected chi connectivity index (χ3v) is 6.04. The molecule has 4 rings (SSSR count). The zero-order valence-electron chi connectivity index (χ0n) is 13.1. The van der Waals surface area contributed by atoms with E-state index >= 15 is 0 Å². The highest BCUT2D eigenvalue weighted by Gasteiger charge is 2.26. The van der Waals surface area contributed by atoms with Gasteiger partial charge >= 0.3 is 0 Å². The number of anilines is 1. The van der Waals surface area contributed by atoms with Crippen molar-refractivity contribution in [3.05, 3.63) is 53.7 Å². The van der Waals surface area contributed by atoms with E-state index in [1.54, 1.807) is 6.26 Å². The molecular weight excluding hydrogens is 340 g/mol. The number of thiazole rings is 1. The molecule has 1 aliphatic rings. The van der Waals surface area contributed by atoms with Crippen molar-refractivity contribution < 1.29 is 9.21 Å². The maximum absolute atomic E-state index is 13.0. The molecule has 1 amide bonds. The second kappa shape index (κ2) is 6.45. The van der Waals surface area contributed by atoms with Gasteiger partial charge in [0.2, 0.25) is 0 Å². The van der Waals surface area contributed by atoms with Crippen LogP contribution in [0.3, 0.4) is 0 Å². The highest BCUT2D eigenvalue weighted by Crippen LogP contribution is 2.38. The van der Waals surface area contributed by atoms with Crippen molar-refractivity contribution in [2.45, 2.75) is 23.5 Å². The Balaban J connectivity index is 1.67. The van der Waals surface area contributed by atoms with Gasteiger partial charge in [-0.05, 0) is 30.7 Å². The summed E-state index contributed by atoms with van der Waals surface area (Å²) < 4.78 is 5.37. The van der Waals surface area contributed by atoms with Crippen molar-refractivity contribution in [3.8, 4) is 10.8 Å². The van der Waals surface area contributed by atoms with Gasteiger partial charge < -0.3 is 9.32 Å². The third kappa shape index (κ3) is 2.87. The van der Waals surface area contributed by atoms with Crippen molar-refractivity contribution in [3.63, 3.8) is 0 Å². The molecule has 0 aliphatic carbocycles. The van der Waals surface area contributed by atoms with Crippen LogP contribution >= 0.6 is 23.1 Å². The van der Waals surface area contributed by atoms with Crippen molar-refractivity contribution in [1.29, 1.82) is 0 Å². The first-order valence-electron chi connectivity index (χ1n) is 7.79. The van der Waals surface area contributed by atoms with E-state index in [1.807, 2.05) is 52.4 Å². The largest absolute Gasteiger partial charge is 0.462 e. The molecule has 122 valence electrons. The first-order valence-corrected chi connectivity index (χ1v) is 9.55. The second-order valence-electron chi connectivity index (χ2n) is 5.66. The summed E-state index contributed by atoms with van der Waals surface area (Å²) in [7, 11) is 0. The molecule has 4 nitrogen and oxygen atoms in total. The molecule has 0 bridgehead atoms. The standard InChI is InChI=1S/C18H16N2O2S2/c1-12-8-9-20(14-5-2-3-7-16(14)24-12)18(21)13-11-23-17(19-13)15-6-4-10-22-15/h2-7,10-12H,8-9H2,1H3. The number of carbonyl (C=O) groups excluding carboxylic acids is 1. The van der Waals surface area contributed by atoms with Crippen LogP contribution in [0.4, 0.5) is 5.69 Å². The molecule has 24 heavy (non-hydrogen) atoms. The van der Waals surface area contributed by atoms with Crippen LogP contribution in [0, 0.1) is 0 Å². The first-order chi connectivity index (χ1) is 11.7. The fourth-order valence-corrected chi connectivity index (χ4v) is 4.59. The van der Waals surface area contributed by atoms with Crippen molar-refractivity contribution >= 4 is 34.7 Å². The molecule has 0 N–H and O–H groups in total. The summed E-state index contributed by atoms with van der Waals surface area (Å²) in [5.41, 5.74) is 1.45. The second-order valence-corrected chi connectivity index (χ2v) is 8.00. The summed E-state index contributed by atoms with van der Waals surface area (Å²) >= 11 is 3.25. The predicted molar refractivity (Wildman–Crippen MR) is 97.9 cm³/mol. The molecule has 3 heterocycles. The molecule has 0 radical (unpaired) electrons. The van der Waals surface area contributed by atoms with Gasteiger partial charge in [0.15, 0.2) is 10.8 Å². The summed E-state index contributed by atoms with van der Waals surface area (Å²) in [6.45, 7) is 2.91. The van der Waals surface area contributed by atoms with Crippen LogP contribution in [-0.2, 0) is 0 Å². The molecule has 1 aromatic carbocycles. The van der Waals surface area contributed by atoms with E-state index in [2.05, 4.69) is 18.0 Å². The van der Waals surface area contributed by atoms with Crippen LogP contribution in [0.2, 0.25) is 0 Å². The summed E-state index contributed by atoms with van der Waals surface area (Å²) in [6, 6.07) is 11.8. The highest BCUT2D eigenvalue weighted by atomic mass is 32.2. The summed E-state index contributed by atoms with van der Waals surface area (Å²) in [5, 5.41) is 3.02. The van der Waals surface area contributed by atoms with Gasteiger partial charge in [-0.3, -0.25) is 4.79 Å². The van der Waals surface area contributed by atoms with Crippen LogP contribution in [0.1, 0.15) is 23.8 Å². The van der Waals surface area contributed by atoms with E-state index in [0.29, 0.717) is 23.2 Å². The van der Waals surface area contributed by atoms with Gasteiger partial charge in [0.25, 0.3) is 5.91 Å². The topological polar surface area (TPSA) is 46.3 Å². The minimum atomic E-state index is -0.0498. The van der Waals surface area contributed by atoms with Gasteiger partial charge in [-0.25, -0.2) is 4.98 Å². The lowest BCUT2D eigenvalue weighted by atomic mass is 10.2. The Morgan fingerprint density at radius 2 is 2.17 bits per heavy atom. The molecule has 3 aromatic rings. The predicted octanol–water partition coefficient (Wildman–Crippen LogP) is 4.93. The van der Waals surface area contributed by atoms with Gasteiger partial charge in [-0.2, -0.15) is 0 Å². The molecule has 0 saturated heterocycles. The summed E-state index contributed by atoms with van der Waals surface area (Å²) in [6.07, 6.45) is 2.57. The van der Waals surface area contributed by atoms with Crippen LogP contribution in [0.5, 0.6) is 0 Å². The fourth-order valence-electron chi connectivity index (χ4n) is 2.72. The molecular formula is C18H16N2O2S2. The van der Waals surface area contributed by atoms with Gasteiger partial charge in [0, 0.05) is 22.1 Å². The first kappa shape index (κ1) is 15.5. The number of carbonyl (C=O) groups is 1. The third-order valence-electron chi connectivity index (χ3n) is 3.94. The quantitative estimate of drug-likeness (QED) is 0.653. The van der Waals surface area contributed by atoms with Crippen molar-refractivity contribution in [2.24, 2.45) is 0 Å². The minimum absolute atomic E-state index is 0.0498. The molecule has 0 spiro atoms. The molecule has 2 aromatic heterocycles. The number of benzene rings is 1. The highest BCUT2D eigenvalue weighted by molar-refractivity contribution is 8.00. The Morgan fingerprint density at radius 1 is 1.29 bits per heavy atom. The van der Waals surface area contributed by atoms with E-state index in [4.69, 9.17) is 4.42 Å². The lowest BCUT2D eigenvalue weighted by Gasteiger charge is -2.21. The Hall–Kier alpha value is -2.05. The average molecular weight is 356 g/mol. The molecule has 0 fully saturated rings. The Bertz CT molecular complexity index is 858. The van der Waals surface area contributed by atoms with Crippen LogP contribution < -0.4 is 4.90 Å². The van der Waals surface area contributed by atoms with Crippen LogP contribution in [0.25, 0.3) is 10.8 Å². The number of thioether (sulfide) groups is 1. The van der Waals surface area contributed by atoms with Crippen molar-refractivity contribution in [1.82, 2.24) is 4.98 Å². The number of fused-ring (bicyclic) bond motifs is 1. The van der Waals surface area contributed by atoms with Gasteiger partial charge in [-0.15, -0.1) is 23.1 Å². The van der Waals surface area contributed by atoms with Gasteiger partial charge in [-0.1, -0.05) is 19.1 Å². The molecule has 1 atom stereocenters. The fraction of sp³-hybridized carbons (Fsp3) is 0.222. The average Bonchev–Trinajstić information content (AvgIpc) is 3.24. The lowest BCUT2D eigenvalue weighted by molar-refractivity contribution is 0.0982. The number of rotatable bonds is 2. The van der Waals surface area contributed by atoms with Crippen LogP contribution in [-0.4, -0.2) is 22.7 Å². The molecule has 1 aliphatic heterocycles. The van der Waals surface area contributed by atoms with E-state index in [-0.39, 0.29) is 5.91 Å². The van der Waals surface area contributed by atoms with Crippen molar-refractivity contribution in [2.75, 3.05) is 11.4 Å². The maximum Gasteiger partial charge on any atom is 0.277 e. The molecule has 0 saturated carbocycles. The number of nitrogens with zero attached hydrogens (tertiary/aromatic N) is 2. The maximum atomic E-state index is 13.0. The zero-order chi connectivity index (χ0) is 16.5. The van der Waals surface area contributed by atoms with Gasteiger partial charge in [0.1, 0.15) is 5.69 Å². The zero-order valence-corrected chi connectivity index (χ0v) is 14.8. The van der Waals surface area contributed by atoms with E-state index < -0.39 is 0 Å². The Morgan fingerprint density at radius 3 is 3.00 bits per heavy atom. The number of amides is 1. The summed E-state index contributed by atoms with van der Waals surface area (Å²) in [4.78, 5) is 20.5. The summed E-state index contributed by atoms with van der Waals surface area (Å²) in [5.74, 6) is 0.644. The van der Waals surface area contributed by atoms with Gasteiger partial charge in [0.05, 0.1) is 12.0 Å².